The molecule has 0 saturated heterocycles. The Morgan fingerprint density at radius 1 is 1.19 bits per heavy atom. The summed E-state index contributed by atoms with van der Waals surface area (Å²) >= 11 is 1.78. The third kappa shape index (κ3) is 3.72. The van der Waals surface area contributed by atoms with Crippen molar-refractivity contribution in [2.45, 2.75) is 53.0 Å². The average molecular weight is 302 g/mol. The number of nitrogens with one attached hydrogen (secondary N) is 1. The van der Waals surface area contributed by atoms with Crippen LogP contribution < -0.4 is 5.32 Å². The molecule has 0 radical (unpaired) electrons. The van der Waals surface area contributed by atoms with E-state index in [1.807, 2.05) is 0 Å². The molecular formula is C18H26N2S. The van der Waals surface area contributed by atoms with Crippen LogP contribution >= 0.6 is 11.3 Å². The summed E-state index contributed by atoms with van der Waals surface area (Å²) in [6.07, 6.45) is 1.13. The van der Waals surface area contributed by atoms with Gasteiger partial charge in [0.25, 0.3) is 0 Å². The van der Waals surface area contributed by atoms with Crippen LogP contribution in [0.1, 0.15) is 66.5 Å². The summed E-state index contributed by atoms with van der Waals surface area (Å²) in [6.45, 7) is 12.0. The summed E-state index contributed by atoms with van der Waals surface area (Å²) in [6, 6.07) is 6.73. The minimum Gasteiger partial charge on any atom is -0.304 e. The largest absolute Gasteiger partial charge is 0.304 e. The van der Waals surface area contributed by atoms with E-state index in [9.17, 15) is 0 Å². The summed E-state index contributed by atoms with van der Waals surface area (Å²) < 4.78 is 0. The van der Waals surface area contributed by atoms with Gasteiger partial charge >= 0.3 is 0 Å². The number of nitrogens with zero attached hydrogens (tertiary/aromatic N) is 1. The Hall–Kier alpha value is -1.19. The molecule has 0 fully saturated rings. The first kappa shape index (κ1) is 16.2. The Kier molecular flexibility index (Phi) is 5.54. The summed E-state index contributed by atoms with van der Waals surface area (Å²) in [5.41, 5.74) is 5.26. The quantitative estimate of drug-likeness (QED) is 0.814. The van der Waals surface area contributed by atoms with Crippen molar-refractivity contribution in [2.24, 2.45) is 0 Å². The first-order valence-electron chi connectivity index (χ1n) is 7.79. The van der Waals surface area contributed by atoms with Crippen LogP contribution in [0.5, 0.6) is 0 Å². The maximum absolute atomic E-state index is 4.88. The lowest BCUT2D eigenvalue weighted by atomic mass is 9.96. The minimum atomic E-state index is 0.212. The van der Waals surface area contributed by atoms with Crippen molar-refractivity contribution in [3.8, 4) is 0 Å². The molecule has 2 rings (SSSR count). The van der Waals surface area contributed by atoms with E-state index >= 15 is 0 Å². The molecule has 0 aliphatic rings. The van der Waals surface area contributed by atoms with E-state index in [-0.39, 0.29) is 6.04 Å². The Labute approximate surface area is 132 Å². The minimum absolute atomic E-state index is 0.212. The fraction of sp³-hybridized carbons (Fsp3) is 0.500. The molecular weight excluding hydrogens is 276 g/mol. The molecule has 114 valence electrons. The van der Waals surface area contributed by atoms with E-state index in [4.69, 9.17) is 4.98 Å². The van der Waals surface area contributed by atoms with Gasteiger partial charge in [0.15, 0.2) is 0 Å². The maximum atomic E-state index is 4.88. The molecule has 1 aromatic carbocycles. The van der Waals surface area contributed by atoms with Gasteiger partial charge in [0.05, 0.1) is 11.7 Å². The molecule has 3 heteroatoms. The molecule has 1 N–H and O–H groups in total. The zero-order valence-electron chi connectivity index (χ0n) is 13.7. The summed E-state index contributed by atoms with van der Waals surface area (Å²) in [7, 11) is 0. The molecule has 1 heterocycles. The van der Waals surface area contributed by atoms with Crippen LogP contribution in [0.25, 0.3) is 0 Å². The molecule has 1 atom stereocenters. The number of benzene rings is 1. The highest BCUT2D eigenvalue weighted by Crippen LogP contribution is 2.31. The van der Waals surface area contributed by atoms with Gasteiger partial charge in [0.1, 0.15) is 5.01 Å². The van der Waals surface area contributed by atoms with E-state index in [0.717, 1.165) is 13.0 Å². The lowest BCUT2D eigenvalue weighted by Gasteiger charge is -2.21. The molecule has 0 amide bonds. The highest BCUT2D eigenvalue weighted by atomic mass is 32.1. The smallest absolute Gasteiger partial charge is 0.114 e. The molecule has 1 aromatic heterocycles. The van der Waals surface area contributed by atoms with E-state index in [0.29, 0.717) is 5.92 Å². The molecule has 0 saturated carbocycles. The number of aryl methyl sites for hydroxylation is 2. The first-order valence-corrected chi connectivity index (χ1v) is 8.67. The van der Waals surface area contributed by atoms with Crippen molar-refractivity contribution in [1.82, 2.24) is 10.3 Å². The lowest BCUT2D eigenvalue weighted by Crippen LogP contribution is -2.24. The molecule has 0 spiro atoms. The third-order valence-corrected chi connectivity index (χ3v) is 4.74. The number of thiazole rings is 1. The zero-order chi connectivity index (χ0) is 15.4. The summed E-state index contributed by atoms with van der Waals surface area (Å²) in [4.78, 5) is 4.88. The second-order valence-electron chi connectivity index (χ2n) is 5.96. The van der Waals surface area contributed by atoms with Crippen molar-refractivity contribution < 1.29 is 0 Å². The lowest BCUT2D eigenvalue weighted by molar-refractivity contribution is 0.589. The topological polar surface area (TPSA) is 24.9 Å². The second-order valence-corrected chi connectivity index (χ2v) is 6.85. The number of rotatable bonds is 6. The van der Waals surface area contributed by atoms with Crippen LogP contribution in [0.3, 0.4) is 0 Å². The molecule has 2 nitrogen and oxygen atoms in total. The average Bonchev–Trinajstić information content (AvgIpc) is 2.91. The van der Waals surface area contributed by atoms with E-state index in [1.54, 1.807) is 11.3 Å². The first-order chi connectivity index (χ1) is 10.0. The molecule has 1 unspecified atom stereocenters. The molecule has 0 bridgehead atoms. The standard InChI is InChI=1S/C18H26N2S/c1-6-10-19-17(16-13(4)8-7-9-14(16)5)18-20-15(11-21-18)12(2)3/h7-9,11-12,17,19H,6,10H2,1-5H3. The van der Waals surface area contributed by atoms with Crippen molar-refractivity contribution in [3.05, 3.63) is 51.0 Å². The van der Waals surface area contributed by atoms with Gasteiger partial charge in [0.2, 0.25) is 0 Å². The van der Waals surface area contributed by atoms with Gasteiger partial charge in [0, 0.05) is 5.38 Å². The molecule has 0 aliphatic carbocycles. The van der Waals surface area contributed by atoms with Crippen molar-refractivity contribution in [1.29, 1.82) is 0 Å². The normalized spacial score (nSPS) is 12.9. The predicted molar refractivity (Wildman–Crippen MR) is 92.3 cm³/mol. The highest BCUT2D eigenvalue weighted by molar-refractivity contribution is 7.09. The monoisotopic (exact) mass is 302 g/mol. The molecule has 2 aromatic rings. The Morgan fingerprint density at radius 3 is 2.38 bits per heavy atom. The van der Waals surface area contributed by atoms with Gasteiger partial charge < -0.3 is 5.32 Å². The number of aromatic nitrogens is 1. The van der Waals surface area contributed by atoms with Gasteiger partial charge in [-0.05, 0) is 49.4 Å². The van der Waals surface area contributed by atoms with Crippen molar-refractivity contribution in [3.63, 3.8) is 0 Å². The Morgan fingerprint density at radius 2 is 1.86 bits per heavy atom. The van der Waals surface area contributed by atoms with E-state index in [2.05, 4.69) is 63.5 Å². The number of hydrogen-bond donors (Lipinski definition) is 1. The fourth-order valence-corrected chi connectivity index (χ4v) is 3.64. The number of hydrogen-bond acceptors (Lipinski definition) is 3. The SMILES string of the molecule is CCCNC(c1nc(C(C)C)cs1)c1c(C)cccc1C. The van der Waals surface area contributed by atoms with Crippen LogP contribution in [0.2, 0.25) is 0 Å². The van der Waals surface area contributed by atoms with Gasteiger partial charge in [-0.2, -0.15) is 0 Å². The van der Waals surface area contributed by atoms with Crippen LogP contribution in [0, 0.1) is 13.8 Å². The summed E-state index contributed by atoms with van der Waals surface area (Å²) in [5, 5.41) is 7.07. The van der Waals surface area contributed by atoms with Crippen LogP contribution in [0.15, 0.2) is 23.6 Å². The van der Waals surface area contributed by atoms with Gasteiger partial charge in [-0.3, -0.25) is 0 Å². The predicted octanol–water partition coefficient (Wildman–Crippen LogP) is 4.97. The summed E-state index contributed by atoms with van der Waals surface area (Å²) in [5.74, 6) is 0.486. The maximum Gasteiger partial charge on any atom is 0.114 e. The Bertz CT molecular complexity index is 566. The molecule has 0 aliphatic heterocycles. The fourth-order valence-electron chi connectivity index (χ4n) is 2.58. The zero-order valence-corrected chi connectivity index (χ0v) is 14.6. The van der Waals surface area contributed by atoms with Crippen LogP contribution in [0.4, 0.5) is 0 Å². The van der Waals surface area contributed by atoms with E-state index < -0.39 is 0 Å². The van der Waals surface area contributed by atoms with Gasteiger partial charge in [-0.1, -0.05) is 39.0 Å². The van der Waals surface area contributed by atoms with E-state index in [1.165, 1.54) is 27.4 Å². The Balaban J connectivity index is 2.42. The van der Waals surface area contributed by atoms with Crippen molar-refractivity contribution >= 4 is 11.3 Å². The van der Waals surface area contributed by atoms with Gasteiger partial charge in [-0.25, -0.2) is 4.98 Å². The molecule has 21 heavy (non-hydrogen) atoms. The van der Waals surface area contributed by atoms with Crippen LogP contribution in [-0.2, 0) is 0 Å². The van der Waals surface area contributed by atoms with Crippen LogP contribution in [-0.4, -0.2) is 11.5 Å². The third-order valence-electron chi connectivity index (χ3n) is 3.81. The highest BCUT2D eigenvalue weighted by Gasteiger charge is 2.21. The van der Waals surface area contributed by atoms with Crippen molar-refractivity contribution in [2.75, 3.05) is 6.54 Å². The second kappa shape index (κ2) is 7.19. The van der Waals surface area contributed by atoms with Gasteiger partial charge in [-0.15, -0.1) is 11.3 Å².